The summed E-state index contributed by atoms with van der Waals surface area (Å²) in [5.74, 6) is -0.520. The number of nitrogens with two attached hydrogens (primary N) is 2. The maximum absolute atomic E-state index is 12.4. The van der Waals surface area contributed by atoms with Crippen LogP contribution in [0.25, 0.3) is 11.0 Å². The topological polar surface area (TPSA) is 169 Å². The molecular weight excluding hydrogens is 366 g/mol. The van der Waals surface area contributed by atoms with Crippen molar-refractivity contribution in [2.45, 2.75) is 56.7 Å². The molecule has 2 unspecified atom stereocenters. The van der Waals surface area contributed by atoms with E-state index < -0.39 is 43.0 Å². The second kappa shape index (κ2) is 8.31. The molecule has 3 heterocycles. The van der Waals surface area contributed by atoms with Gasteiger partial charge in [-0.05, 0) is 12.5 Å². The molecule has 10 nitrogen and oxygen atoms in total. The monoisotopic (exact) mass is 393 g/mol. The van der Waals surface area contributed by atoms with Crippen LogP contribution in [-0.2, 0) is 9.53 Å². The van der Waals surface area contributed by atoms with Crippen molar-refractivity contribution in [1.29, 1.82) is 0 Å². The average Bonchev–Trinajstić information content (AvgIpc) is 3.17. The van der Waals surface area contributed by atoms with Crippen molar-refractivity contribution in [1.82, 2.24) is 14.9 Å². The molecule has 1 aliphatic heterocycles. The summed E-state index contributed by atoms with van der Waals surface area (Å²) in [5.41, 5.74) is 12.4. The number of nitrogens with zero attached hydrogens (tertiary/aromatic N) is 2. The van der Waals surface area contributed by atoms with Crippen molar-refractivity contribution < 1.29 is 24.9 Å². The molecule has 0 bridgehead atoms. The zero-order chi connectivity index (χ0) is 20.4. The lowest BCUT2D eigenvalue weighted by molar-refractivity contribution is -0.124. The Morgan fingerprint density at radius 1 is 1.50 bits per heavy atom. The summed E-state index contributed by atoms with van der Waals surface area (Å²) in [6, 6.07) is -0.0189. The molecule has 1 saturated heterocycles. The number of hydrogen-bond donors (Lipinski definition) is 6. The van der Waals surface area contributed by atoms with E-state index in [1.165, 1.54) is 17.0 Å². The Labute approximate surface area is 162 Å². The van der Waals surface area contributed by atoms with Gasteiger partial charge in [0.05, 0.1) is 30.3 Å². The SMILES string of the molecule is CCCCC(N)C(=O)NC1[C@@H](CO)O[C@@H](n2cc(O)c3c(N)ccnc32)[C@H]1O. The molecule has 1 fully saturated rings. The number of carbonyl (C=O) groups is 1. The standard InChI is InChI=1S/C18H27N5O5/c1-2-3-4-10(20)17(27)22-14-12(8-24)28-18(15(14)26)23-7-11(25)13-9(19)5-6-21-16(13)23/h5-7,10,12,14-15,18,24-26H,2-4,8,20H2,1H3,(H2,19,21)(H,22,27)/t10?,12-,14?,15+,18-/m1/s1. The second-order valence-corrected chi connectivity index (χ2v) is 7.04. The molecule has 2 aromatic heterocycles. The van der Waals surface area contributed by atoms with Gasteiger partial charge in [-0.25, -0.2) is 4.98 Å². The molecule has 10 heteroatoms. The van der Waals surface area contributed by atoms with Crippen molar-refractivity contribution >= 4 is 22.6 Å². The smallest absolute Gasteiger partial charge is 0.237 e. The molecule has 0 radical (unpaired) electrons. The van der Waals surface area contributed by atoms with Crippen molar-refractivity contribution in [3.05, 3.63) is 18.5 Å². The number of aromatic nitrogens is 2. The molecule has 154 valence electrons. The summed E-state index contributed by atoms with van der Waals surface area (Å²) in [7, 11) is 0. The number of hydrogen-bond acceptors (Lipinski definition) is 8. The summed E-state index contributed by atoms with van der Waals surface area (Å²) < 4.78 is 7.20. The molecule has 0 spiro atoms. The van der Waals surface area contributed by atoms with E-state index in [-0.39, 0.29) is 5.75 Å². The minimum atomic E-state index is -1.20. The Morgan fingerprint density at radius 3 is 2.93 bits per heavy atom. The van der Waals surface area contributed by atoms with Gasteiger partial charge in [0.2, 0.25) is 5.91 Å². The first-order valence-electron chi connectivity index (χ1n) is 9.33. The van der Waals surface area contributed by atoms with Crippen LogP contribution in [0.1, 0.15) is 32.4 Å². The Morgan fingerprint density at radius 2 is 2.25 bits per heavy atom. The first-order chi connectivity index (χ1) is 13.4. The van der Waals surface area contributed by atoms with Crippen LogP contribution in [0.3, 0.4) is 0 Å². The Balaban J connectivity index is 1.84. The number of nitrogen functional groups attached to an aromatic ring is 1. The number of pyridine rings is 1. The Hall–Kier alpha value is -2.40. The molecule has 28 heavy (non-hydrogen) atoms. The lowest BCUT2D eigenvalue weighted by atomic mass is 10.1. The van der Waals surface area contributed by atoms with Gasteiger partial charge in [0.25, 0.3) is 0 Å². The maximum atomic E-state index is 12.4. The highest BCUT2D eigenvalue weighted by atomic mass is 16.5. The van der Waals surface area contributed by atoms with Crippen LogP contribution in [0.2, 0.25) is 0 Å². The summed E-state index contributed by atoms with van der Waals surface area (Å²) >= 11 is 0. The highest BCUT2D eigenvalue weighted by molar-refractivity contribution is 5.94. The van der Waals surface area contributed by atoms with E-state index in [0.29, 0.717) is 23.1 Å². The number of aliphatic hydroxyl groups is 2. The lowest BCUT2D eigenvalue weighted by Crippen LogP contribution is -2.53. The van der Waals surface area contributed by atoms with Crippen molar-refractivity contribution in [3.63, 3.8) is 0 Å². The molecule has 1 aliphatic rings. The zero-order valence-corrected chi connectivity index (χ0v) is 15.7. The quantitative estimate of drug-likeness (QED) is 0.368. The molecule has 1 amide bonds. The first-order valence-corrected chi connectivity index (χ1v) is 9.33. The maximum Gasteiger partial charge on any atom is 0.237 e. The van der Waals surface area contributed by atoms with E-state index in [4.69, 9.17) is 16.2 Å². The van der Waals surface area contributed by atoms with Crippen LogP contribution in [-0.4, -0.2) is 61.7 Å². The molecule has 8 N–H and O–H groups in total. The number of amides is 1. The van der Waals surface area contributed by atoms with E-state index >= 15 is 0 Å². The molecule has 2 aromatic rings. The summed E-state index contributed by atoms with van der Waals surface area (Å²) in [5, 5.41) is 33.7. The fourth-order valence-corrected chi connectivity index (χ4v) is 3.51. The molecule has 0 aliphatic carbocycles. The van der Waals surface area contributed by atoms with Crippen LogP contribution in [0, 0.1) is 0 Å². The number of nitrogens with one attached hydrogen (secondary N) is 1. The molecule has 3 rings (SSSR count). The van der Waals surface area contributed by atoms with Crippen molar-refractivity contribution in [2.75, 3.05) is 12.3 Å². The zero-order valence-electron chi connectivity index (χ0n) is 15.7. The van der Waals surface area contributed by atoms with Crippen LogP contribution < -0.4 is 16.8 Å². The predicted molar refractivity (Wildman–Crippen MR) is 102 cm³/mol. The van der Waals surface area contributed by atoms with E-state index in [1.807, 2.05) is 6.92 Å². The second-order valence-electron chi connectivity index (χ2n) is 7.04. The largest absolute Gasteiger partial charge is 0.506 e. The number of carbonyl (C=O) groups excluding carboxylic acids is 1. The van der Waals surface area contributed by atoms with E-state index in [1.54, 1.807) is 6.07 Å². The number of aromatic hydroxyl groups is 1. The third-order valence-corrected chi connectivity index (χ3v) is 5.07. The van der Waals surface area contributed by atoms with Crippen LogP contribution in [0.4, 0.5) is 5.69 Å². The molecule has 5 atom stereocenters. The van der Waals surface area contributed by atoms with Crippen molar-refractivity contribution in [2.24, 2.45) is 5.73 Å². The van der Waals surface area contributed by atoms with Gasteiger partial charge in [-0.3, -0.25) is 9.36 Å². The van der Waals surface area contributed by atoms with Crippen LogP contribution in [0.5, 0.6) is 5.75 Å². The number of anilines is 1. The van der Waals surface area contributed by atoms with Gasteiger partial charge in [0.15, 0.2) is 6.23 Å². The van der Waals surface area contributed by atoms with Crippen molar-refractivity contribution in [3.8, 4) is 5.75 Å². The van der Waals surface area contributed by atoms with E-state index in [9.17, 15) is 20.1 Å². The van der Waals surface area contributed by atoms with Crippen LogP contribution in [0.15, 0.2) is 18.5 Å². The molecular formula is C18H27N5O5. The number of fused-ring (bicyclic) bond motifs is 1. The summed E-state index contributed by atoms with van der Waals surface area (Å²) in [6.45, 7) is 1.59. The van der Waals surface area contributed by atoms with E-state index in [2.05, 4.69) is 10.3 Å². The first kappa shape index (κ1) is 20.3. The summed E-state index contributed by atoms with van der Waals surface area (Å²) in [4.78, 5) is 16.6. The Bertz CT molecular complexity index is 841. The van der Waals surface area contributed by atoms with Gasteiger partial charge in [-0.15, -0.1) is 0 Å². The third kappa shape index (κ3) is 3.63. The van der Waals surface area contributed by atoms with Gasteiger partial charge in [-0.1, -0.05) is 19.8 Å². The normalized spacial score (nSPS) is 25.9. The van der Waals surface area contributed by atoms with Gasteiger partial charge < -0.3 is 36.8 Å². The van der Waals surface area contributed by atoms with Gasteiger partial charge in [0.1, 0.15) is 23.6 Å². The summed E-state index contributed by atoms with van der Waals surface area (Å²) in [6.07, 6.45) is 2.06. The fourth-order valence-electron chi connectivity index (χ4n) is 3.51. The highest BCUT2D eigenvalue weighted by Gasteiger charge is 2.46. The fraction of sp³-hybridized carbons (Fsp3) is 0.556. The average molecular weight is 393 g/mol. The van der Waals surface area contributed by atoms with Crippen LogP contribution >= 0.6 is 0 Å². The minimum Gasteiger partial charge on any atom is -0.506 e. The van der Waals surface area contributed by atoms with Gasteiger partial charge >= 0.3 is 0 Å². The lowest BCUT2D eigenvalue weighted by Gasteiger charge is -2.22. The highest BCUT2D eigenvalue weighted by Crippen LogP contribution is 2.37. The minimum absolute atomic E-state index is 0.106. The molecule has 0 aromatic carbocycles. The number of ether oxygens (including phenoxy) is 1. The number of aliphatic hydroxyl groups excluding tert-OH is 2. The van der Waals surface area contributed by atoms with Gasteiger partial charge in [-0.2, -0.15) is 0 Å². The van der Waals surface area contributed by atoms with Gasteiger partial charge in [0, 0.05) is 11.9 Å². The predicted octanol–water partition coefficient (Wildman–Crippen LogP) is -0.423. The number of unbranched alkanes of at least 4 members (excludes halogenated alkanes) is 1. The Kier molecular flexibility index (Phi) is 6.04. The third-order valence-electron chi connectivity index (χ3n) is 5.07. The van der Waals surface area contributed by atoms with E-state index in [0.717, 1.165) is 12.8 Å². The molecule has 0 saturated carbocycles. The number of rotatable bonds is 7.